The molecule has 12 heteroatoms. The van der Waals surface area contributed by atoms with E-state index in [0.29, 0.717) is 0 Å². The van der Waals surface area contributed by atoms with Crippen LogP contribution in [-0.2, 0) is 14.8 Å². The predicted octanol–water partition coefficient (Wildman–Crippen LogP) is 0.520. The number of nitrogens with two attached hydrogens (primary N) is 1. The van der Waals surface area contributed by atoms with Crippen LogP contribution >= 0.6 is 0 Å². The molecule has 0 saturated carbocycles. The number of nitro benzene ring substituents is 1. The Bertz CT molecular complexity index is 1050. The zero-order chi connectivity index (χ0) is 21.2. The van der Waals surface area contributed by atoms with Crippen LogP contribution in [0.25, 0.3) is 0 Å². The summed E-state index contributed by atoms with van der Waals surface area (Å²) in [6.07, 6.45) is 0. The van der Waals surface area contributed by atoms with E-state index in [1.165, 1.54) is 24.3 Å². The van der Waals surface area contributed by atoms with Gasteiger partial charge in [-0.15, -0.1) is 0 Å². The van der Waals surface area contributed by atoms with E-state index in [1.54, 1.807) is 9.73 Å². The van der Waals surface area contributed by atoms with E-state index in [0.717, 1.165) is 12.1 Å². The number of hydrazine groups is 1. The molecule has 2 aromatic carbocycles. The van der Waals surface area contributed by atoms with Crippen molar-refractivity contribution in [3.63, 3.8) is 0 Å². The summed E-state index contributed by atoms with van der Waals surface area (Å²) in [6.45, 7) is 0.985. The van der Waals surface area contributed by atoms with Crippen molar-refractivity contribution in [2.45, 2.75) is 4.90 Å². The molecule has 1 fully saturated rings. The molecule has 0 unspecified atom stereocenters. The summed E-state index contributed by atoms with van der Waals surface area (Å²) < 4.78 is 30.2. The van der Waals surface area contributed by atoms with Gasteiger partial charge in [-0.1, -0.05) is 0 Å². The molecule has 154 valence electrons. The van der Waals surface area contributed by atoms with Gasteiger partial charge in [0.2, 0.25) is 0 Å². The fourth-order valence-electron chi connectivity index (χ4n) is 3.08. The Hall–Kier alpha value is -3.06. The molecule has 0 bridgehead atoms. The van der Waals surface area contributed by atoms with E-state index in [4.69, 9.17) is 10.6 Å². The lowest BCUT2D eigenvalue weighted by molar-refractivity contribution is -0.384. The van der Waals surface area contributed by atoms with Gasteiger partial charge < -0.3 is 14.7 Å². The molecular weight excluding hydrogens is 404 g/mol. The molecule has 0 atom stereocenters. The maximum atomic E-state index is 13.3. The maximum Gasteiger partial charge on any atom is 0.293 e. The van der Waals surface area contributed by atoms with Crippen molar-refractivity contribution in [3.05, 3.63) is 57.6 Å². The van der Waals surface area contributed by atoms with E-state index < -0.39 is 31.3 Å². The van der Waals surface area contributed by atoms with Crippen LogP contribution in [0, 0.1) is 10.1 Å². The monoisotopic (exact) mass is 422 g/mol. The SMILES string of the molecule is NNS(=O)(=O)c1ccc([N+](=O)[O-])c(N2CCOCC2)c1C(=O)c1ccc(O)cc1. The van der Waals surface area contributed by atoms with Crippen molar-refractivity contribution >= 4 is 27.2 Å². The Kier molecular flexibility index (Phi) is 5.79. The standard InChI is InChI=1S/C17H18N4O7S/c18-19-29(26,27)14-6-5-13(21(24)25)16(20-7-9-28-10-8-20)15(14)17(23)11-1-3-12(22)4-2-11/h1-6,19,22H,7-10,18H2. The average molecular weight is 422 g/mol. The first-order valence-electron chi connectivity index (χ1n) is 8.46. The zero-order valence-electron chi connectivity index (χ0n) is 15.1. The predicted molar refractivity (Wildman–Crippen MR) is 102 cm³/mol. The Morgan fingerprint density at radius 2 is 1.79 bits per heavy atom. The number of aromatic hydroxyl groups is 1. The lowest BCUT2D eigenvalue weighted by Gasteiger charge is -2.30. The van der Waals surface area contributed by atoms with Crippen LogP contribution in [0.1, 0.15) is 15.9 Å². The number of nitrogens with one attached hydrogen (secondary N) is 1. The number of phenols is 1. The van der Waals surface area contributed by atoms with Crippen molar-refractivity contribution in [2.24, 2.45) is 5.84 Å². The van der Waals surface area contributed by atoms with Gasteiger partial charge in [-0.25, -0.2) is 8.42 Å². The lowest BCUT2D eigenvalue weighted by Crippen LogP contribution is -2.38. The first-order valence-corrected chi connectivity index (χ1v) is 9.95. The fourth-order valence-corrected chi connectivity index (χ4v) is 3.91. The summed E-state index contributed by atoms with van der Waals surface area (Å²) >= 11 is 0. The van der Waals surface area contributed by atoms with E-state index in [1.807, 2.05) is 0 Å². The van der Waals surface area contributed by atoms with Crippen LogP contribution in [0.4, 0.5) is 11.4 Å². The number of morpholine rings is 1. The minimum atomic E-state index is -4.32. The quantitative estimate of drug-likeness (QED) is 0.260. The lowest BCUT2D eigenvalue weighted by atomic mass is 9.99. The van der Waals surface area contributed by atoms with E-state index >= 15 is 0 Å². The number of carbonyl (C=O) groups excluding carboxylic acids is 1. The van der Waals surface area contributed by atoms with Crippen molar-refractivity contribution in [2.75, 3.05) is 31.2 Å². The normalized spacial score (nSPS) is 14.6. The van der Waals surface area contributed by atoms with Crippen molar-refractivity contribution in [3.8, 4) is 5.75 Å². The largest absolute Gasteiger partial charge is 0.508 e. The molecule has 1 saturated heterocycles. The highest BCUT2D eigenvalue weighted by Gasteiger charge is 2.34. The number of nitro groups is 1. The number of carbonyl (C=O) groups is 1. The number of benzene rings is 2. The second-order valence-corrected chi connectivity index (χ2v) is 7.84. The molecule has 11 nitrogen and oxygen atoms in total. The topological polar surface area (TPSA) is 165 Å². The summed E-state index contributed by atoms with van der Waals surface area (Å²) in [5.74, 6) is 4.29. The molecule has 0 aromatic heterocycles. The van der Waals surface area contributed by atoms with Gasteiger partial charge >= 0.3 is 0 Å². The van der Waals surface area contributed by atoms with E-state index in [9.17, 15) is 28.4 Å². The van der Waals surface area contributed by atoms with Gasteiger partial charge in [-0.3, -0.25) is 20.8 Å². The zero-order valence-corrected chi connectivity index (χ0v) is 15.9. The summed E-state index contributed by atoms with van der Waals surface area (Å²) in [5.41, 5.74) is -0.853. The van der Waals surface area contributed by atoms with Crippen LogP contribution in [0.5, 0.6) is 5.75 Å². The number of nitrogens with zero attached hydrogens (tertiary/aromatic N) is 2. The van der Waals surface area contributed by atoms with Crippen molar-refractivity contribution in [1.82, 2.24) is 4.83 Å². The van der Waals surface area contributed by atoms with Gasteiger partial charge in [0.05, 0.1) is 28.6 Å². The third-order valence-corrected chi connectivity index (χ3v) is 5.67. The van der Waals surface area contributed by atoms with Crippen LogP contribution in [0.3, 0.4) is 0 Å². The van der Waals surface area contributed by atoms with Crippen LogP contribution in [0.2, 0.25) is 0 Å². The fraction of sp³-hybridized carbons (Fsp3) is 0.235. The van der Waals surface area contributed by atoms with Gasteiger partial charge in [0.1, 0.15) is 11.4 Å². The van der Waals surface area contributed by atoms with Crippen LogP contribution in [-0.4, -0.2) is 50.5 Å². The van der Waals surface area contributed by atoms with Crippen molar-refractivity contribution in [1.29, 1.82) is 0 Å². The number of anilines is 1. The Labute approximate surface area is 165 Å². The molecular formula is C17H18N4O7S. The number of phenolic OH excluding ortho intramolecular Hbond substituents is 1. The molecule has 2 aromatic rings. The molecule has 1 aliphatic heterocycles. The van der Waals surface area contributed by atoms with Gasteiger partial charge in [0.25, 0.3) is 15.7 Å². The highest BCUT2D eigenvalue weighted by atomic mass is 32.2. The number of hydrogen-bond donors (Lipinski definition) is 3. The molecule has 3 rings (SSSR count). The van der Waals surface area contributed by atoms with Gasteiger partial charge in [0.15, 0.2) is 5.78 Å². The summed E-state index contributed by atoms with van der Waals surface area (Å²) in [5, 5.41) is 21.1. The molecule has 0 aliphatic carbocycles. The summed E-state index contributed by atoms with van der Waals surface area (Å²) in [7, 11) is -4.32. The highest BCUT2D eigenvalue weighted by Crippen LogP contribution is 2.38. The number of hydrogen-bond acceptors (Lipinski definition) is 9. The Morgan fingerprint density at radius 1 is 1.17 bits per heavy atom. The second-order valence-electron chi connectivity index (χ2n) is 6.16. The summed E-state index contributed by atoms with van der Waals surface area (Å²) in [6, 6.07) is 7.12. The third-order valence-electron chi connectivity index (χ3n) is 4.44. The minimum Gasteiger partial charge on any atom is -0.508 e. The minimum absolute atomic E-state index is 0.0475. The Balaban J connectivity index is 2.33. The van der Waals surface area contributed by atoms with Crippen LogP contribution in [0.15, 0.2) is 41.3 Å². The maximum absolute atomic E-state index is 13.3. The highest BCUT2D eigenvalue weighted by molar-refractivity contribution is 7.89. The number of rotatable bonds is 6. The molecule has 0 spiro atoms. The van der Waals surface area contributed by atoms with E-state index in [-0.39, 0.29) is 48.9 Å². The van der Waals surface area contributed by atoms with Gasteiger partial charge in [-0.05, 0) is 30.3 Å². The molecule has 0 radical (unpaired) electrons. The van der Waals surface area contributed by atoms with Crippen molar-refractivity contribution < 1.29 is 28.0 Å². The molecule has 29 heavy (non-hydrogen) atoms. The number of ether oxygens (including phenoxy) is 1. The average Bonchev–Trinajstić information content (AvgIpc) is 2.73. The van der Waals surface area contributed by atoms with E-state index in [2.05, 4.69) is 0 Å². The first kappa shape index (κ1) is 20.7. The molecule has 1 aliphatic rings. The smallest absolute Gasteiger partial charge is 0.293 e. The Morgan fingerprint density at radius 3 is 2.34 bits per heavy atom. The van der Waals surface area contributed by atoms with Crippen LogP contribution < -0.4 is 15.6 Å². The second kappa shape index (κ2) is 8.13. The molecule has 1 heterocycles. The number of sulfonamides is 1. The number of ketones is 1. The third kappa shape index (κ3) is 4.05. The molecule has 4 N–H and O–H groups in total. The molecule has 0 amide bonds. The van der Waals surface area contributed by atoms with Gasteiger partial charge in [0, 0.05) is 24.7 Å². The summed E-state index contributed by atoms with van der Waals surface area (Å²) in [4.78, 5) is 27.0. The van der Waals surface area contributed by atoms with Gasteiger partial charge in [-0.2, -0.15) is 4.83 Å². The first-order chi connectivity index (χ1) is 13.8.